The van der Waals surface area contributed by atoms with Crippen LogP contribution in [0.25, 0.3) is 77.2 Å². The molecule has 1 aliphatic carbocycles. The second kappa shape index (κ2) is 13.0. The molecule has 10 aromatic rings. The van der Waals surface area contributed by atoms with Crippen molar-refractivity contribution in [1.29, 1.82) is 0 Å². The van der Waals surface area contributed by atoms with Gasteiger partial charge in [-0.2, -0.15) is 0 Å². The fraction of sp³-hybridized carbons (Fsp3) is 0.0545. The van der Waals surface area contributed by atoms with Gasteiger partial charge in [-0.15, -0.1) is 0 Å². The number of nitrogens with zero attached hydrogens (tertiary/aromatic N) is 1. The van der Waals surface area contributed by atoms with E-state index in [1.165, 1.54) is 55.3 Å². The SMILES string of the molecule is CC1(C)c2ccccc2-c2cccc(-c3ccc(N(c4ccc(-c5cccc6ccccc56)cc4)c4ccccc4-c4ccc5oc6ccccc6c5c4)cc3)c21. The molecule has 1 aliphatic rings. The fourth-order valence-corrected chi connectivity index (χ4v) is 9.38. The van der Waals surface area contributed by atoms with Crippen molar-refractivity contribution in [3.8, 4) is 44.5 Å². The van der Waals surface area contributed by atoms with Crippen molar-refractivity contribution in [2.75, 3.05) is 4.90 Å². The third-order valence-electron chi connectivity index (χ3n) is 12.1. The smallest absolute Gasteiger partial charge is 0.135 e. The molecule has 1 heterocycles. The minimum absolute atomic E-state index is 0.0978. The first-order valence-corrected chi connectivity index (χ1v) is 19.8. The third-order valence-corrected chi connectivity index (χ3v) is 12.1. The molecule has 0 atom stereocenters. The van der Waals surface area contributed by atoms with Crippen LogP contribution >= 0.6 is 0 Å². The molecule has 1 aromatic heterocycles. The highest BCUT2D eigenvalue weighted by molar-refractivity contribution is 6.07. The molecule has 0 bridgehead atoms. The molecule has 0 amide bonds. The van der Waals surface area contributed by atoms with Gasteiger partial charge >= 0.3 is 0 Å². The van der Waals surface area contributed by atoms with Crippen molar-refractivity contribution in [3.05, 3.63) is 211 Å². The Kier molecular flexibility index (Phi) is 7.55. The molecule has 0 fully saturated rings. The van der Waals surface area contributed by atoms with E-state index in [1.54, 1.807) is 0 Å². The second-order valence-corrected chi connectivity index (χ2v) is 15.7. The van der Waals surface area contributed by atoms with E-state index in [-0.39, 0.29) is 5.41 Å². The molecule has 11 rings (SSSR count). The quantitative estimate of drug-likeness (QED) is 0.169. The maximum absolute atomic E-state index is 6.23. The monoisotopic (exact) mass is 729 g/mol. The van der Waals surface area contributed by atoms with Gasteiger partial charge in [0.1, 0.15) is 11.2 Å². The lowest BCUT2D eigenvalue weighted by atomic mass is 9.79. The normalized spacial score (nSPS) is 12.9. The van der Waals surface area contributed by atoms with Crippen molar-refractivity contribution in [3.63, 3.8) is 0 Å². The number of anilines is 3. The van der Waals surface area contributed by atoms with Crippen LogP contribution in [0.2, 0.25) is 0 Å². The number of para-hydroxylation sites is 2. The van der Waals surface area contributed by atoms with Gasteiger partial charge in [-0.3, -0.25) is 0 Å². The summed E-state index contributed by atoms with van der Waals surface area (Å²) in [7, 11) is 0. The van der Waals surface area contributed by atoms with Crippen molar-refractivity contribution < 1.29 is 4.42 Å². The predicted octanol–water partition coefficient (Wildman–Crippen LogP) is 15.5. The summed E-state index contributed by atoms with van der Waals surface area (Å²) in [6, 6.07) is 72.7. The number of furan rings is 1. The van der Waals surface area contributed by atoms with Gasteiger partial charge in [0.2, 0.25) is 0 Å². The van der Waals surface area contributed by atoms with Crippen molar-refractivity contribution in [2.45, 2.75) is 19.3 Å². The fourth-order valence-electron chi connectivity index (χ4n) is 9.38. The van der Waals surface area contributed by atoms with E-state index in [1.807, 2.05) is 12.1 Å². The van der Waals surface area contributed by atoms with Crippen LogP contribution in [0.5, 0.6) is 0 Å². The zero-order chi connectivity index (χ0) is 38.1. The van der Waals surface area contributed by atoms with E-state index in [9.17, 15) is 0 Å². The minimum atomic E-state index is -0.0978. The lowest BCUT2D eigenvalue weighted by Gasteiger charge is -2.29. The average molecular weight is 730 g/mol. The summed E-state index contributed by atoms with van der Waals surface area (Å²) in [5, 5.41) is 4.75. The maximum Gasteiger partial charge on any atom is 0.135 e. The molecule has 0 saturated heterocycles. The Morgan fingerprint density at radius 3 is 1.74 bits per heavy atom. The lowest BCUT2D eigenvalue weighted by Crippen LogP contribution is -2.16. The Balaban J connectivity index is 1.05. The van der Waals surface area contributed by atoms with E-state index < -0.39 is 0 Å². The van der Waals surface area contributed by atoms with Gasteiger partial charge in [0.15, 0.2) is 0 Å². The van der Waals surface area contributed by atoms with Crippen LogP contribution in [-0.4, -0.2) is 0 Å². The van der Waals surface area contributed by atoms with Gasteiger partial charge in [-0.1, -0.05) is 166 Å². The molecule has 270 valence electrons. The summed E-state index contributed by atoms with van der Waals surface area (Å²) in [5.41, 5.74) is 17.7. The highest BCUT2D eigenvalue weighted by atomic mass is 16.3. The Morgan fingerprint density at radius 2 is 0.930 bits per heavy atom. The summed E-state index contributed by atoms with van der Waals surface area (Å²) < 4.78 is 6.23. The van der Waals surface area contributed by atoms with E-state index in [0.29, 0.717) is 0 Å². The van der Waals surface area contributed by atoms with Gasteiger partial charge in [0.05, 0.1) is 5.69 Å². The van der Waals surface area contributed by atoms with E-state index >= 15 is 0 Å². The summed E-state index contributed by atoms with van der Waals surface area (Å²) in [4.78, 5) is 2.40. The maximum atomic E-state index is 6.23. The molecule has 0 N–H and O–H groups in total. The molecule has 57 heavy (non-hydrogen) atoms. The van der Waals surface area contributed by atoms with Gasteiger partial charge in [0.25, 0.3) is 0 Å². The highest BCUT2D eigenvalue weighted by Crippen LogP contribution is 2.52. The molecule has 9 aromatic carbocycles. The third kappa shape index (κ3) is 5.33. The van der Waals surface area contributed by atoms with Crippen LogP contribution < -0.4 is 4.90 Å². The summed E-state index contributed by atoms with van der Waals surface area (Å²) in [6.07, 6.45) is 0. The first-order chi connectivity index (χ1) is 28.0. The Bertz CT molecular complexity index is 3140. The van der Waals surface area contributed by atoms with Gasteiger partial charge in [-0.05, 0) is 109 Å². The Labute approximate surface area is 332 Å². The lowest BCUT2D eigenvalue weighted by molar-refractivity contribution is 0.662. The van der Waals surface area contributed by atoms with Crippen molar-refractivity contribution in [2.24, 2.45) is 0 Å². The number of rotatable bonds is 6. The van der Waals surface area contributed by atoms with E-state index in [0.717, 1.165) is 50.1 Å². The molecule has 0 aliphatic heterocycles. The van der Waals surface area contributed by atoms with Gasteiger partial charge in [-0.25, -0.2) is 0 Å². The van der Waals surface area contributed by atoms with Crippen molar-refractivity contribution >= 4 is 49.8 Å². The molecule has 2 nitrogen and oxygen atoms in total. The highest BCUT2D eigenvalue weighted by Gasteiger charge is 2.37. The molecule has 2 heteroatoms. The first-order valence-electron chi connectivity index (χ1n) is 19.8. The van der Waals surface area contributed by atoms with E-state index in [4.69, 9.17) is 4.42 Å². The molecular formula is C55H39NO. The molecular weight excluding hydrogens is 691 g/mol. The van der Waals surface area contributed by atoms with Crippen LogP contribution in [-0.2, 0) is 5.41 Å². The first kappa shape index (κ1) is 33.2. The Hall–Kier alpha value is -7.16. The van der Waals surface area contributed by atoms with Crippen LogP contribution in [0.4, 0.5) is 17.1 Å². The summed E-state index contributed by atoms with van der Waals surface area (Å²) in [6.45, 7) is 4.72. The van der Waals surface area contributed by atoms with Crippen LogP contribution in [0.15, 0.2) is 205 Å². The Morgan fingerprint density at radius 1 is 0.386 bits per heavy atom. The van der Waals surface area contributed by atoms with Crippen molar-refractivity contribution in [1.82, 2.24) is 0 Å². The summed E-state index contributed by atoms with van der Waals surface area (Å²) >= 11 is 0. The van der Waals surface area contributed by atoms with Gasteiger partial charge in [0, 0.05) is 33.1 Å². The zero-order valence-electron chi connectivity index (χ0n) is 31.9. The topological polar surface area (TPSA) is 16.4 Å². The van der Waals surface area contributed by atoms with Gasteiger partial charge < -0.3 is 9.32 Å². The number of fused-ring (bicyclic) bond motifs is 7. The standard InChI is InChI=1S/C55H39NO/c1-55(2)50-22-8-5-17-46(50)48-21-12-20-45(54(48)55)38-27-32-41(33-28-38)56(40-30-25-37(26-31-40)43-19-11-14-36-13-3-4-15-42(36)43)51-23-9-6-16-44(51)39-29-34-53-49(35-39)47-18-7-10-24-52(47)57-53/h3-35H,1-2H3. The number of hydrogen-bond acceptors (Lipinski definition) is 2. The molecule has 0 unspecified atom stereocenters. The molecule has 0 radical (unpaired) electrons. The average Bonchev–Trinajstić information content (AvgIpc) is 3.76. The van der Waals surface area contributed by atoms with E-state index in [2.05, 4.69) is 207 Å². The van der Waals surface area contributed by atoms with Crippen LogP contribution in [0.3, 0.4) is 0 Å². The second-order valence-electron chi connectivity index (χ2n) is 15.7. The largest absolute Gasteiger partial charge is 0.456 e. The molecule has 0 saturated carbocycles. The predicted molar refractivity (Wildman–Crippen MR) is 240 cm³/mol. The van der Waals surface area contributed by atoms with Crippen LogP contribution in [0.1, 0.15) is 25.0 Å². The van der Waals surface area contributed by atoms with Crippen LogP contribution in [0, 0.1) is 0 Å². The molecule has 0 spiro atoms. The number of benzene rings is 9. The minimum Gasteiger partial charge on any atom is -0.456 e. The zero-order valence-corrected chi connectivity index (χ0v) is 31.9. The summed E-state index contributed by atoms with van der Waals surface area (Å²) in [5.74, 6) is 0. The number of hydrogen-bond donors (Lipinski definition) is 0.